The van der Waals surface area contributed by atoms with Crippen LogP contribution in [0.1, 0.15) is 25.2 Å². The van der Waals surface area contributed by atoms with Gasteiger partial charge in [-0.25, -0.2) is 4.98 Å². The van der Waals surface area contributed by atoms with E-state index >= 15 is 0 Å². The topological polar surface area (TPSA) is 64.3 Å². The molecule has 0 amide bonds. The van der Waals surface area contributed by atoms with E-state index in [0.717, 1.165) is 40.0 Å². The first-order valence-electron chi connectivity index (χ1n) is 7.60. The molecule has 3 heterocycles. The number of ether oxygens (including phenoxy) is 1. The predicted octanol–water partition coefficient (Wildman–Crippen LogP) is 2.59. The van der Waals surface area contributed by atoms with Crippen molar-refractivity contribution in [3.63, 3.8) is 0 Å². The number of aromatic nitrogens is 2. The van der Waals surface area contributed by atoms with Crippen LogP contribution in [0.4, 0.5) is 5.13 Å². The summed E-state index contributed by atoms with van der Waals surface area (Å²) < 4.78 is 5.80. The monoisotopic (exact) mass is 318 g/mol. The van der Waals surface area contributed by atoms with Crippen LogP contribution < -0.4 is 10.6 Å². The maximum atomic E-state index is 5.91. The van der Waals surface area contributed by atoms with Crippen LogP contribution in [0.5, 0.6) is 0 Å². The smallest absolute Gasteiger partial charge is 0.186 e. The molecular formula is C16H22N4OS. The molecule has 0 saturated carbocycles. The molecule has 1 aliphatic rings. The zero-order chi connectivity index (χ0) is 15.7. The zero-order valence-electron chi connectivity index (χ0n) is 13.2. The number of hydrogen-bond donors (Lipinski definition) is 1. The van der Waals surface area contributed by atoms with Gasteiger partial charge in [-0.15, -0.1) is 0 Å². The molecule has 22 heavy (non-hydrogen) atoms. The minimum Gasteiger partial charge on any atom is -0.372 e. The van der Waals surface area contributed by atoms with Crippen LogP contribution in [0.2, 0.25) is 0 Å². The summed E-state index contributed by atoms with van der Waals surface area (Å²) in [5, 5.41) is 1.03. The second kappa shape index (κ2) is 6.32. The van der Waals surface area contributed by atoms with Gasteiger partial charge in [0.05, 0.1) is 22.8 Å². The lowest BCUT2D eigenvalue weighted by Crippen LogP contribution is -2.45. The first-order valence-corrected chi connectivity index (χ1v) is 8.41. The first kappa shape index (κ1) is 15.4. The van der Waals surface area contributed by atoms with Crippen LogP contribution in [0.3, 0.4) is 0 Å². The summed E-state index contributed by atoms with van der Waals surface area (Å²) in [4.78, 5) is 12.5. The molecule has 5 nitrogen and oxygen atoms in total. The van der Waals surface area contributed by atoms with E-state index in [4.69, 9.17) is 15.5 Å². The molecule has 2 aromatic rings. The van der Waals surface area contributed by atoms with E-state index in [2.05, 4.69) is 29.8 Å². The Balaban J connectivity index is 1.94. The van der Waals surface area contributed by atoms with E-state index in [9.17, 15) is 0 Å². The largest absolute Gasteiger partial charge is 0.372 e. The number of aryl methyl sites for hydroxylation is 1. The SMILES string of the molecule is Cc1cc(-c2sc(N3C[C@@H](C)O[C@@H](C)C3)nc2CN)ccn1. The minimum absolute atomic E-state index is 0.223. The number of rotatable bonds is 3. The highest BCUT2D eigenvalue weighted by atomic mass is 32.1. The predicted molar refractivity (Wildman–Crippen MR) is 90.2 cm³/mol. The fourth-order valence-corrected chi connectivity index (χ4v) is 3.97. The van der Waals surface area contributed by atoms with E-state index in [1.807, 2.05) is 19.2 Å². The Kier molecular flexibility index (Phi) is 4.42. The Morgan fingerprint density at radius 2 is 2.09 bits per heavy atom. The van der Waals surface area contributed by atoms with Crippen LogP contribution in [-0.2, 0) is 11.3 Å². The molecule has 1 fully saturated rings. The summed E-state index contributed by atoms with van der Waals surface area (Å²) in [5.41, 5.74) is 9.01. The Bertz CT molecular complexity index is 647. The molecule has 2 N–H and O–H groups in total. The lowest BCUT2D eigenvalue weighted by atomic mass is 10.2. The molecule has 0 bridgehead atoms. The summed E-state index contributed by atoms with van der Waals surface area (Å²) in [6.45, 7) is 8.40. The van der Waals surface area contributed by atoms with Crippen LogP contribution in [0, 0.1) is 6.92 Å². The van der Waals surface area contributed by atoms with Gasteiger partial charge in [0.2, 0.25) is 0 Å². The highest BCUT2D eigenvalue weighted by Crippen LogP contribution is 2.35. The van der Waals surface area contributed by atoms with Gasteiger partial charge in [-0.05, 0) is 38.5 Å². The fourth-order valence-electron chi connectivity index (χ4n) is 2.86. The molecule has 0 aromatic carbocycles. The Hall–Kier alpha value is -1.50. The van der Waals surface area contributed by atoms with Gasteiger partial charge in [0.15, 0.2) is 5.13 Å². The number of pyridine rings is 1. The molecule has 1 aliphatic heterocycles. The molecule has 0 aliphatic carbocycles. The van der Waals surface area contributed by atoms with Crippen molar-refractivity contribution in [2.24, 2.45) is 5.73 Å². The van der Waals surface area contributed by atoms with Gasteiger partial charge in [-0.1, -0.05) is 11.3 Å². The van der Waals surface area contributed by atoms with E-state index in [1.165, 1.54) is 0 Å². The maximum absolute atomic E-state index is 5.91. The quantitative estimate of drug-likeness (QED) is 0.942. The lowest BCUT2D eigenvalue weighted by molar-refractivity contribution is -0.00523. The Morgan fingerprint density at radius 3 is 2.73 bits per heavy atom. The number of nitrogens with zero attached hydrogens (tertiary/aromatic N) is 3. The van der Waals surface area contributed by atoms with Crippen molar-refractivity contribution >= 4 is 16.5 Å². The van der Waals surface area contributed by atoms with Crippen molar-refractivity contribution in [2.75, 3.05) is 18.0 Å². The average Bonchev–Trinajstić information content (AvgIpc) is 2.90. The third kappa shape index (κ3) is 3.14. The highest BCUT2D eigenvalue weighted by Gasteiger charge is 2.25. The van der Waals surface area contributed by atoms with E-state index in [-0.39, 0.29) is 12.2 Å². The van der Waals surface area contributed by atoms with Crippen molar-refractivity contribution in [2.45, 2.75) is 39.5 Å². The van der Waals surface area contributed by atoms with Crippen LogP contribution >= 0.6 is 11.3 Å². The zero-order valence-corrected chi connectivity index (χ0v) is 14.1. The van der Waals surface area contributed by atoms with Crippen LogP contribution in [-0.4, -0.2) is 35.3 Å². The van der Waals surface area contributed by atoms with Gasteiger partial charge in [-0.3, -0.25) is 4.98 Å². The van der Waals surface area contributed by atoms with Gasteiger partial charge in [0, 0.05) is 31.5 Å². The van der Waals surface area contributed by atoms with E-state index in [0.29, 0.717) is 6.54 Å². The van der Waals surface area contributed by atoms with Crippen molar-refractivity contribution in [1.82, 2.24) is 9.97 Å². The highest BCUT2D eigenvalue weighted by molar-refractivity contribution is 7.19. The van der Waals surface area contributed by atoms with Crippen molar-refractivity contribution < 1.29 is 4.74 Å². The van der Waals surface area contributed by atoms with Gasteiger partial charge >= 0.3 is 0 Å². The third-order valence-electron chi connectivity index (χ3n) is 3.73. The van der Waals surface area contributed by atoms with Crippen molar-refractivity contribution in [3.05, 3.63) is 29.7 Å². The Labute approximate surface area is 135 Å². The second-order valence-electron chi connectivity index (χ2n) is 5.82. The van der Waals surface area contributed by atoms with Crippen molar-refractivity contribution in [3.8, 4) is 10.4 Å². The standard InChI is InChI=1S/C16H22N4OS/c1-10-6-13(4-5-18-10)15-14(7-17)19-16(22-15)20-8-11(2)21-12(3)9-20/h4-6,11-12H,7-9,17H2,1-3H3/t11-,12+. The van der Waals surface area contributed by atoms with Gasteiger partial charge in [0.25, 0.3) is 0 Å². The molecule has 0 unspecified atom stereocenters. The summed E-state index contributed by atoms with van der Waals surface area (Å²) >= 11 is 1.71. The van der Waals surface area contributed by atoms with Gasteiger partial charge in [-0.2, -0.15) is 0 Å². The number of thiazole rings is 1. The summed E-state index contributed by atoms with van der Waals surface area (Å²) in [5.74, 6) is 0. The number of hydrogen-bond acceptors (Lipinski definition) is 6. The molecule has 3 rings (SSSR count). The minimum atomic E-state index is 0.223. The molecule has 0 spiro atoms. The fraction of sp³-hybridized carbons (Fsp3) is 0.500. The molecule has 0 radical (unpaired) electrons. The molecule has 2 aromatic heterocycles. The van der Waals surface area contributed by atoms with E-state index in [1.54, 1.807) is 11.3 Å². The van der Waals surface area contributed by atoms with E-state index < -0.39 is 0 Å². The van der Waals surface area contributed by atoms with Crippen LogP contribution in [0.25, 0.3) is 10.4 Å². The van der Waals surface area contributed by atoms with Gasteiger partial charge < -0.3 is 15.4 Å². The second-order valence-corrected chi connectivity index (χ2v) is 6.80. The molecule has 2 atom stereocenters. The Morgan fingerprint density at radius 1 is 1.36 bits per heavy atom. The van der Waals surface area contributed by atoms with Crippen LogP contribution in [0.15, 0.2) is 18.3 Å². The van der Waals surface area contributed by atoms with Crippen molar-refractivity contribution in [1.29, 1.82) is 0 Å². The molecular weight excluding hydrogens is 296 g/mol. The summed E-state index contributed by atoms with van der Waals surface area (Å²) in [6, 6.07) is 4.11. The number of anilines is 1. The number of morpholine rings is 1. The lowest BCUT2D eigenvalue weighted by Gasteiger charge is -2.35. The summed E-state index contributed by atoms with van der Waals surface area (Å²) in [7, 11) is 0. The normalized spacial score (nSPS) is 22.1. The maximum Gasteiger partial charge on any atom is 0.186 e. The molecule has 118 valence electrons. The average molecular weight is 318 g/mol. The molecule has 1 saturated heterocycles. The number of nitrogens with two attached hydrogens (primary N) is 1. The van der Waals surface area contributed by atoms with Gasteiger partial charge in [0.1, 0.15) is 0 Å². The molecule has 6 heteroatoms. The summed E-state index contributed by atoms with van der Waals surface area (Å²) in [6.07, 6.45) is 2.28. The third-order valence-corrected chi connectivity index (χ3v) is 4.94. The first-order chi connectivity index (χ1) is 10.6.